The second-order valence-electron chi connectivity index (χ2n) is 26.0. The molecule has 9 heteroatoms. The van der Waals surface area contributed by atoms with Crippen LogP contribution in [-0.2, 0) is 61.0 Å². The second-order valence-corrected chi connectivity index (χ2v) is 33.9. The number of hydrogen-bond donors (Lipinski definition) is 0. The van der Waals surface area contributed by atoms with Crippen molar-refractivity contribution in [3.63, 3.8) is 0 Å². The van der Waals surface area contributed by atoms with Crippen LogP contribution in [0.25, 0.3) is 0 Å². The first-order valence-corrected chi connectivity index (χ1v) is 32.9. The summed E-state index contributed by atoms with van der Waals surface area (Å²) in [4.78, 5) is 0. The minimum atomic E-state index is -4.28. The van der Waals surface area contributed by atoms with Crippen LogP contribution in [0.5, 0.6) is 0 Å². The predicted octanol–water partition coefficient (Wildman–Crippen LogP) is 12.2. The molecule has 4 heterocycles. The van der Waals surface area contributed by atoms with Crippen molar-refractivity contribution in [1.29, 1.82) is 0 Å². The van der Waals surface area contributed by atoms with Crippen LogP contribution in [0.2, 0.25) is 0 Å². The molecule has 0 spiro atoms. The Balaban J connectivity index is 1.08. The third-order valence-corrected chi connectivity index (χ3v) is 26.8. The van der Waals surface area contributed by atoms with E-state index >= 15 is 0 Å². The molecule has 0 atom stereocenters. The molecule has 0 N–H and O–H groups in total. The zero-order chi connectivity index (χ0) is 56.2. The van der Waals surface area contributed by atoms with E-state index in [0.29, 0.717) is 52.9 Å². The summed E-state index contributed by atoms with van der Waals surface area (Å²) in [6, 6.07) is 78.0. The molecule has 0 unspecified atom stereocenters. The van der Waals surface area contributed by atoms with Crippen LogP contribution in [0.15, 0.2) is 218 Å². The molecule has 0 radical (unpaired) electrons. The molecule has 0 bridgehead atoms. The van der Waals surface area contributed by atoms with E-state index in [1.165, 1.54) is 17.6 Å². The van der Waals surface area contributed by atoms with Gasteiger partial charge in [-0.05, 0) is 0 Å². The van der Waals surface area contributed by atoms with Crippen LogP contribution in [0, 0.1) is 21.7 Å². The molecule has 4 aliphatic rings. The van der Waals surface area contributed by atoms with Crippen LogP contribution < -0.4 is 17.6 Å². The molecule has 12 rings (SSSR count). The maximum atomic E-state index is 6.94. The van der Waals surface area contributed by atoms with Gasteiger partial charge in [0.25, 0.3) is 0 Å². The SMILES string of the molecule is CC1(C)COC(c2ccccc2)(c2cc[c]([Ge]([c]3ccc(C4(c5ccccc5)OCC(C)(C)CO4)cc3)([c]3ccc(C4(c5ccccc5)OCC(C)(C)CO4)cc3)[c]3ccc(C4(c5ccccc5)OCC(C)(C)CO4)cc3)cc2)OC1. The molecule has 4 fully saturated rings. The first-order valence-electron chi connectivity index (χ1n) is 28.7. The average molecular weight is 1140 g/mol. The van der Waals surface area contributed by atoms with Crippen molar-refractivity contribution < 1.29 is 37.9 Å². The third kappa shape index (κ3) is 10.2. The van der Waals surface area contributed by atoms with E-state index in [1.54, 1.807) is 0 Å². The molecular formula is C72H76GeO8. The first kappa shape index (κ1) is 55.5. The zero-order valence-corrected chi connectivity index (χ0v) is 50.3. The molecule has 4 saturated heterocycles. The molecule has 81 heavy (non-hydrogen) atoms. The molecule has 0 aliphatic carbocycles. The Hall–Kier alpha value is -6.02. The van der Waals surface area contributed by atoms with E-state index in [-0.39, 0.29) is 21.7 Å². The summed E-state index contributed by atoms with van der Waals surface area (Å²) in [7, 11) is 0. The maximum absolute atomic E-state index is 6.94. The zero-order valence-electron chi connectivity index (χ0n) is 48.2. The quantitative estimate of drug-likeness (QED) is 0.112. The molecule has 8 nitrogen and oxygen atoms in total. The summed E-state index contributed by atoms with van der Waals surface area (Å²) in [5, 5.41) is 0. The Morgan fingerprint density at radius 2 is 0.358 bits per heavy atom. The Morgan fingerprint density at radius 3 is 0.519 bits per heavy atom. The summed E-state index contributed by atoms with van der Waals surface area (Å²) < 4.78 is 60.4. The molecule has 8 aromatic carbocycles. The molecular weight excluding hydrogens is 1070 g/mol. The van der Waals surface area contributed by atoms with E-state index in [0.717, 1.165) is 44.5 Å². The van der Waals surface area contributed by atoms with Gasteiger partial charge in [0.05, 0.1) is 0 Å². The summed E-state index contributed by atoms with van der Waals surface area (Å²) in [6.07, 6.45) is 0. The molecule has 4 aliphatic heterocycles. The number of hydrogen-bond acceptors (Lipinski definition) is 8. The normalized spacial score (nSPS) is 21.3. The van der Waals surface area contributed by atoms with E-state index in [9.17, 15) is 0 Å². The van der Waals surface area contributed by atoms with Gasteiger partial charge >= 0.3 is 485 Å². The van der Waals surface area contributed by atoms with Crippen molar-refractivity contribution in [3.8, 4) is 0 Å². The van der Waals surface area contributed by atoms with Crippen molar-refractivity contribution in [3.05, 3.63) is 263 Å². The van der Waals surface area contributed by atoms with Gasteiger partial charge in [-0.1, -0.05) is 0 Å². The van der Waals surface area contributed by atoms with Gasteiger partial charge < -0.3 is 0 Å². The third-order valence-electron chi connectivity index (χ3n) is 16.7. The van der Waals surface area contributed by atoms with Gasteiger partial charge in [-0.15, -0.1) is 0 Å². The number of ether oxygens (including phenoxy) is 8. The van der Waals surface area contributed by atoms with E-state index in [2.05, 4.69) is 250 Å². The fourth-order valence-corrected chi connectivity index (χ4v) is 21.9. The molecule has 8 aromatic rings. The summed E-state index contributed by atoms with van der Waals surface area (Å²) >= 11 is -4.28. The second kappa shape index (κ2) is 21.3. The van der Waals surface area contributed by atoms with Crippen LogP contribution in [0.1, 0.15) is 99.9 Å². The number of benzene rings is 8. The summed E-state index contributed by atoms with van der Waals surface area (Å²) in [5.41, 5.74) is 6.95. The predicted molar refractivity (Wildman–Crippen MR) is 322 cm³/mol. The van der Waals surface area contributed by atoms with Crippen molar-refractivity contribution in [1.82, 2.24) is 0 Å². The summed E-state index contributed by atoms with van der Waals surface area (Å²) in [5.74, 6) is -4.40. The van der Waals surface area contributed by atoms with Gasteiger partial charge in [-0.3, -0.25) is 0 Å². The Morgan fingerprint density at radius 1 is 0.210 bits per heavy atom. The van der Waals surface area contributed by atoms with Crippen LogP contribution in [0.3, 0.4) is 0 Å². The van der Waals surface area contributed by atoms with Crippen molar-refractivity contribution in [2.24, 2.45) is 21.7 Å². The topological polar surface area (TPSA) is 73.8 Å². The van der Waals surface area contributed by atoms with Gasteiger partial charge in [0, 0.05) is 0 Å². The van der Waals surface area contributed by atoms with Crippen LogP contribution in [0.4, 0.5) is 0 Å². The van der Waals surface area contributed by atoms with E-state index in [1.807, 2.05) is 24.3 Å². The Labute approximate surface area is 482 Å². The van der Waals surface area contributed by atoms with Crippen LogP contribution in [-0.4, -0.2) is 66.1 Å². The molecule has 0 saturated carbocycles. The standard InChI is InChI=1S/C72H76GeO8/c1-65(2)45-74-69(75-46-65,53-21-13-9-14-22-53)57-29-37-61(38-30-57)73(62-39-31-58(32-40-62)70(54-23-15-10-16-24-54)76-47-66(3,4)48-77-70,63-41-33-59(34-42-63)71(55-25-17-11-18-26-55)78-49-67(5,6)50-79-71)64-43-35-60(36-44-64)72(56-27-19-12-20-28-56)80-51-68(7,8)52-81-72/h9-44H,45-52H2,1-8H3. The van der Waals surface area contributed by atoms with Gasteiger partial charge in [0.1, 0.15) is 0 Å². The minimum absolute atomic E-state index is 0.151. The number of rotatable bonds is 12. The molecule has 416 valence electrons. The summed E-state index contributed by atoms with van der Waals surface area (Å²) in [6.45, 7) is 21.8. The van der Waals surface area contributed by atoms with Crippen molar-refractivity contribution >= 4 is 30.8 Å². The average Bonchev–Trinajstić information content (AvgIpc) is 3.54. The van der Waals surface area contributed by atoms with Crippen molar-refractivity contribution in [2.75, 3.05) is 52.9 Å². The Kier molecular flexibility index (Phi) is 14.6. The van der Waals surface area contributed by atoms with Gasteiger partial charge in [0.2, 0.25) is 0 Å². The fraction of sp³-hybridized carbons (Fsp3) is 0.333. The van der Waals surface area contributed by atoms with Gasteiger partial charge in [0.15, 0.2) is 0 Å². The first-order chi connectivity index (χ1) is 38.9. The van der Waals surface area contributed by atoms with E-state index in [4.69, 9.17) is 37.9 Å². The van der Waals surface area contributed by atoms with Gasteiger partial charge in [-0.2, -0.15) is 0 Å². The van der Waals surface area contributed by atoms with Crippen LogP contribution >= 0.6 is 0 Å². The molecule has 0 aromatic heterocycles. The Bertz CT molecular complexity index is 2910. The molecule has 0 amide bonds. The fourth-order valence-electron chi connectivity index (χ4n) is 12.1. The van der Waals surface area contributed by atoms with Crippen molar-refractivity contribution in [2.45, 2.75) is 78.5 Å². The monoisotopic (exact) mass is 1140 g/mol. The van der Waals surface area contributed by atoms with E-state index < -0.39 is 36.4 Å². The van der Waals surface area contributed by atoms with Gasteiger partial charge in [-0.25, -0.2) is 0 Å².